The number of hydrogen-bond donors (Lipinski definition) is 0. The van der Waals surface area contributed by atoms with Gasteiger partial charge in [0, 0.05) is 32.9 Å². The van der Waals surface area contributed by atoms with Crippen molar-refractivity contribution in [2.75, 3.05) is 31.1 Å². The van der Waals surface area contributed by atoms with Crippen LogP contribution < -0.4 is 4.90 Å². The number of amides is 1. The van der Waals surface area contributed by atoms with E-state index in [1.165, 1.54) is 12.1 Å². The van der Waals surface area contributed by atoms with E-state index in [1.807, 2.05) is 11.8 Å². The first-order valence-electron chi connectivity index (χ1n) is 8.42. The number of piperazine rings is 1. The number of halogens is 3. The third-order valence-electron chi connectivity index (χ3n) is 4.64. The molecule has 1 unspecified atom stereocenters. The predicted octanol–water partition coefficient (Wildman–Crippen LogP) is 2.89. The van der Waals surface area contributed by atoms with Crippen LogP contribution in [-0.4, -0.2) is 46.8 Å². The van der Waals surface area contributed by atoms with Gasteiger partial charge in [-0.25, -0.2) is 0 Å². The average molecular weight is 366 g/mol. The van der Waals surface area contributed by atoms with E-state index in [2.05, 4.69) is 5.10 Å². The Kier molecular flexibility index (Phi) is 5.04. The Morgan fingerprint density at radius 1 is 1.19 bits per heavy atom. The van der Waals surface area contributed by atoms with Crippen LogP contribution in [0.2, 0.25) is 0 Å². The molecule has 1 aromatic heterocycles. The molecule has 8 heteroatoms. The molecule has 1 amide bonds. The Morgan fingerprint density at radius 2 is 1.88 bits per heavy atom. The van der Waals surface area contributed by atoms with Gasteiger partial charge in [0.15, 0.2) is 0 Å². The number of carbonyl (C=O) groups excluding carboxylic acids is 1. The summed E-state index contributed by atoms with van der Waals surface area (Å²) in [6.45, 7) is 4.16. The normalized spacial score (nSPS) is 17.6. The molecule has 1 aromatic carbocycles. The Hall–Kier alpha value is -2.35. The summed E-state index contributed by atoms with van der Waals surface area (Å²) in [6.07, 6.45) is -0.854. The minimum Gasteiger partial charge on any atom is -0.307 e. The summed E-state index contributed by atoms with van der Waals surface area (Å²) in [5.41, 5.74) is 0.974. The number of anilines is 1. The van der Waals surface area contributed by atoms with Crippen molar-refractivity contribution in [3.63, 3.8) is 0 Å². The van der Waals surface area contributed by atoms with Gasteiger partial charge in [0.2, 0.25) is 5.91 Å². The third kappa shape index (κ3) is 4.07. The summed E-state index contributed by atoms with van der Waals surface area (Å²) in [5.74, 6) is 0.0406. The first-order valence-corrected chi connectivity index (χ1v) is 8.42. The molecule has 1 atom stereocenters. The number of alkyl halides is 3. The Bertz CT molecular complexity index is 769. The molecular formula is C18H21F3N4O. The summed E-state index contributed by atoms with van der Waals surface area (Å²) in [6, 6.07) is 5.25. The molecule has 1 fully saturated rings. The zero-order chi connectivity index (χ0) is 18.9. The highest BCUT2D eigenvalue weighted by Crippen LogP contribution is 2.30. The number of aryl methyl sites for hydroxylation is 1. The standard InChI is InChI=1S/C18H21F3N4O/c1-13(14-3-5-15(6-4-14)18(19,20)21)10-24-7-8-25(17(26)12-24)16-9-22-23(2)11-16/h3-6,9,11,13H,7-8,10,12H2,1-2H3. The molecular weight excluding hydrogens is 345 g/mol. The number of hydrogen-bond acceptors (Lipinski definition) is 3. The summed E-state index contributed by atoms with van der Waals surface area (Å²) >= 11 is 0. The Morgan fingerprint density at radius 3 is 2.42 bits per heavy atom. The minimum absolute atomic E-state index is 0.00358. The van der Waals surface area contributed by atoms with E-state index in [0.29, 0.717) is 26.2 Å². The molecule has 26 heavy (non-hydrogen) atoms. The lowest BCUT2D eigenvalue weighted by molar-refractivity contribution is -0.137. The second-order valence-corrected chi connectivity index (χ2v) is 6.67. The van der Waals surface area contributed by atoms with Crippen LogP contribution in [0.25, 0.3) is 0 Å². The monoisotopic (exact) mass is 366 g/mol. The second kappa shape index (κ2) is 7.11. The quantitative estimate of drug-likeness (QED) is 0.836. The van der Waals surface area contributed by atoms with Gasteiger partial charge in [-0.3, -0.25) is 14.4 Å². The molecule has 0 spiro atoms. The number of aromatic nitrogens is 2. The number of carbonyl (C=O) groups is 1. The van der Waals surface area contributed by atoms with Crippen LogP contribution in [0, 0.1) is 0 Å². The fourth-order valence-corrected chi connectivity index (χ4v) is 3.19. The van der Waals surface area contributed by atoms with Crippen molar-refractivity contribution >= 4 is 11.6 Å². The van der Waals surface area contributed by atoms with Gasteiger partial charge < -0.3 is 4.90 Å². The largest absolute Gasteiger partial charge is 0.416 e. The van der Waals surface area contributed by atoms with Gasteiger partial charge >= 0.3 is 6.18 Å². The van der Waals surface area contributed by atoms with Crippen molar-refractivity contribution in [3.8, 4) is 0 Å². The first kappa shape index (κ1) is 18.4. The highest BCUT2D eigenvalue weighted by atomic mass is 19.4. The molecule has 2 heterocycles. The maximum absolute atomic E-state index is 12.7. The fraction of sp³-hybridized carbons (Fsp3) is 0.444. The molecule has 0 bridgehead atoms. The molecule has 0 N–H and O–H groups in total. The lowest BCUT2D eigenvalue weighted by Gasteiger charge is -2.35. The molecule has 2 aromatic rings. The molecule has 5 nitrogen and oxygen atoms in total. The van der Waals surface area contributed by atoms with E-state index in [-0.39, 0.29) is 11.8 Å². The number of rotatable bonds is 4. The Balaban J connectivity index is 1.59. The van der Waals surface area contributed by atoms with Crippen LogP contribution in [-0.2, 0) is 18.0 Å². The van der Waals surface area contributed by atoms with Crippen LogP contribution in [0.3, 0.4) is 0 Å². The van der Waals surface area contributed by atoms with Crippen LogP contribution in [0.1, 0.15) is 24.0 Å². The van der Waals surface area contributed by atoms with Crippen LogP contribution in [0.5, 0.6) is 0 Å². The molecule has 0 aliphatic carbocycles. The molecule has 1 aliphatic heterocycles. The zero-order valence-corrected chi connectivity index (χ0v) is 14.7. The molecule has 1 aliphatic rings. The smallest absolute Gasteiger partial charge is 0.307 e. The van der Waals surface area contributed by atoms with Gasteiger partial charge in [0.05, 0.1) is 24.0 Å². The van der Waals surface area contributed by atoms with E-state index in [4.69, 9.17) is 0 Å². The third-order valence-corrected chi connectivity index (χ3v) is 4.64. The van der Waals surface area contributed by atoms with Crippen molar-refractivity contribution in [2.24, 2.45) is 7.05 Å². The summed E-state index contributed by atoms with van der Waals surface area (Å²) in [7, 11) is 1.80. The van der Waals surface area contributed by atoms with Crippen LogP contribution >= 0.6 is 0 Å². The average Bonchev–Trinajstić information content (AvgIpc) is 3.00. The molecule has 1 saturated heterocycles. The topological polar surface area (TPSA) is 41.4 Å². The van der Waals surface area contributed by atoms with E-state index in [1.54, 1.807) is 29.0 Å². The predicted molar refractivity (Wildman–Crippen MR) is 91.9 cm³/mol. The van der Waals surface area contributed by atoms with Gasteiger partial charge in [-0.1, -0.05) is 19.1 Å². The first-order chi connectivity index (χ1) is 12.2. The molecule has 140 valence electrons. The zero-order valence-electron chi connectivity index (χ0n) is 14.7. The van der Waals surface area contributed by atoms with Gasteiger partial charge in [-0.15, -0.1) is 0 Å². The molecule has 0 radical (unpaired) electrons. The van der Waals surface area contributed by atoms with Gasteiger partial charge in [0.1, 0.15) is 0 Å². The van der Waals surface area contributed by atoms with Crippen molar-refractivity contribution in [1.29, 1.82) is 0 Å². The van der Waals surface area contributed by atoms with Crippen molar-refractivity contribution in [3.05, 3.63) is 47.8 Å². The fourth-order valence-electron chi connectivity index (χ4n) is 3.19. The molecule has 0 saturated carbocycles. The molecule has 3 rings (SSSR count). The number of nitrogens with zero attached hydrogens (tertiary/aromatic N) is 4. The lowest BCUT2D eigenvalue weighted by Crippen LogP contribution is -2.51. The Labute approximate surface area is 150 Å². The van der Waals surface area contributed by atoms with E-state index in [9.17, 15) is 18.0 Å². The van der Waals surface area contributed by atoms with Crippen LogP contribution in [0.4, 0.5) is 18.9 Å². The van der Waals surface area contributed by atoms with Crippen LogP contribution in [0.15, 0.2) is 36.7 Å². The highest BCUT2D eigenvalue weighted by Gasteiger charge is 2.30. The summed E-state index contributed by atoms with van der Waals surface area (Å²) in [5, 5.41) is 4.09. The summed E-state index contributed by atoms with van der Waals surface area (Å²) in [4.78, 5) is 16.2. The van der Waals surface area contributed by atoms with Crippen molar-refractivity contribution in [1.82, 2.24) is 14.7 Å². The second-order valence-electron chi connectivity index (χ2n) is 6.67. The maximum Gasteiger partial charge on any atom is 0.416 e. The van der Waals surface area contributed by atoms with Crippen molar-refractivity contribution in [2.45, 2.75) is 19.0 Å². The SMILES string of the molecule is CC(CN1CCN(c2cnn(C)c2)C(=O)C1)c1ccc(C(F)(F)F)cc1. The number of benzene rings is 1. The maximum atomic E-state index is 12.7. The van der Waals surface area contributed by atoms with Gasteiger partial charge in [0.25, 0.3) is 0 Å². The van der Waals surface area contributed by atoms with E-state index >= 15 is 0 Å². The van der Waals surface area contributed by atoms with Gasteiger partial charge in [-0.2, -0.15) is 18.3 Å². The van der Waals surface area contributed by atoms with Gasteiger partial charge in [-0.05, 0) is 23.6 Å². The van der Waals surface area contributed by atoms with Crippen molar-refractivity contribution < 1.29 is 18.0 Å². The van der Waals surface area contributed by atoms with E-state index in [0.717, 1.165) is 23.4 Å². The summed E-state index contributed by atoms with van der Waals surface area (Å²) < 4.78 is 39.6. The lowest BCUT2D eigenvalue weighted by atomic mass is 9.99. The van der Waals surface area contributed by atoms with E-state index < -0.39 is 11.7 Å². The highest BCUT2D eigenvalue weighted by molar-refractivity contribution is 5.95. The minimum atomic E-state index is -4.32.